The van der Waals surface area contributed by atoms with Crippen molar-refractivity contribution < 1.29 is 18.8 Å². The zero-order valence-electron chi connectivity index (χ0n) is 15.5. The molecule has 0 unspecified atom stereocenters. The average Bonchev–Trinajstić information content (AvgIpc) is 3.16. The Morgan fingerprint density at radius 2 is 1.85 bits per heavy atom. The highest BCUT2D eigenvalue weighted by Gasteiger charge is 2.12. The number of aromatic nitrogens is 2. The lowest BCUT2D eigenvalue weighted by atomic mass is 10.1. The van der Waals surface area contributed by atoms with E-state index in [1.807, 2.05) is 31.2 Å². The van der Waals surface area contributed by atoms with Crippen LogP contribution in [0.1, 0.15) is 21.8 Å². The third-order valence-corrected chi connectivity index (χ3v) is 3.98. The maximum atomic E-state index is 12.3. The number of ether oxygens (including phenoxy) is 2. The van der Waals surface area contributed by atoms with Crippen molar-refractivity contribution in [3.05, 3.63) is 59.5 Å². The number of benzene rings is 2. The molecular weight excluding hydrogens is 346 g/mol. The largest absolute Gasteiger partial charge is 0.497 e. The molecule has 3 rings (SSSR count). The third kappa shape index (κ3) is 4.63. The van der Waals surface area contributed by atoms with Crippen molar-refractivity contribution in [2.45, 2.75) is 13.3 Å². The standard InChI is InChI=1S/C20H21N3O4/c1-13-5-4-6-14(9-13)19-22-18(27-23-19)7-8-21-20(24)15-10-16(25-2)12-17(11-15)26-3/h4-6,9-12H,7-8H2,1-3H3,(H,21,24). The van der Waals surface area contributed by atoms with Gasteiger partial charge in [0.25, 0.3) is 5.91 Å². The van der Waals surface area contributed by atoms with Crippen LogP contribution >= 0.6 is 0 Å². The van der Waals surface area contributed by atoms with Gasteiger partial charge in [-0.1, -0.05) is 28.9 Å². The molecule has 2 aromatic carbocycles. The van der Waals surface area contributed by atoms with Crippen LogP contribution in [-0.4, -0.2) is 36.8 Å². The van der Waals surface area contributed by atoms with Crippen molar-refractivity contribution in [3.63, 3.8) is 0 Å². The minimum absolute atomic E-state index is 0.231. The number of nitrogens with one attached hydrogen (secondary N) is 1. The van der Waals surface area contributed by atoms with E-state index in [9.17, 15) is 4.79 Å². The number of aryl methyl sites for hydroxylation is 1. The van der Waals surface area contributed by atoms with E-state index in [1.165, 1.54) is 14.2 Å². The van der Waals surface area contributed by atoms with Crippen LogP contribution < -0.4 is 14.8 Å². The summed E-state index contributed by atoms with van der Waals surface area (Å²) in [5.74, 6) is 1.89. The first-order valence-electron chi connectivity index (χ1n) is 8.50. The third-order valence-electron chi connectivity index (χ3n) is 3.98. The summed E-state index contributed by atoms with van der Waals surface area (Å²) in [6.45, 7) is 2.38. The van der Waals surface area contributed by atoms with Crippen LogP contribution in [0.4, 0.5) is 0 Å². The van der Waals surface area contributed by atoms with Gasteiger partial charge in [-0.2, -0.15) is 4.98 Å². The lowest BCUT2D eigenvalue weighted by molar-refractivity contribution is 0.0952. The van der Waals surface area contributed by atoms with Crippen molar-refractivity contribution in [1.82, 2.24) is 15.5 Å². The van der Waals surface area contributed by atoms with Crippen molar-refractivity contribution in [1.29, 1.82) is 0 Å². The van der Waals surface area contributed by atoms with Gasteiger partial charge in [-0.25, -0.2) is 0 Å². The smallest absolute Gasteiger partial charge is 0.251 e. The molecule has 0 saturated heterocycles. The van der Waals surface area contributed by atoms with E-state index in [4.69, 9.17) is 14.0 Å². The normalized spacial score (nSPS) is 10.5. The van der Waals surface area contributed by atoms with E-state index >= 15 is 0 Å². The van der Waals surface area contributed by atoms with Crippen molar-refractivity contribution in [2.24, 2.45) is 0 Å². The zero-order valence-corrected chi connectivity index (χ0v) is 15.5. The summed E-state index contributed by atoms with van der Waals surface area (Å²) in [5.41, 5.74) is 2.48. The fraction of sp³-hybridized carbons (Fsp3) is 0.250. The minimum Gasteiger partial charge on any atom is -0.497 e. The minimum atomic E-state index is -0.231. The summed E-state index contributed by atoms with van der Waals surface area (Å²) in [6.07, 6.45) is 0.436. The van der Waals surface area contributed by atoms with Crippen LogP contribution in [0.25, 0.3) is 11.4 Å². The number of hydrogen-bond donors (Lipinski definition) is 1. The molecule has 0 aliphatic rings. The Bertz CT molecular complexity index is 914. The van der Waals surface area contributed by atoms with Gasteiger partial charge in [0.15, 0.2) is 0 Å². The fourth-order valence-corrected chi connectivity index (χ4v) is 2.58. The maximum Gasteiger partial charge on any atom is 0.251 e. The predicted octanol–water partition coefficient (Wildman–Crippen LogP) is 3.03. The van der Waals surface area contributed by atoms with E-state index in [0.29, 0.717) is 41.7 Å². The molecule has 1 aromatic heterocycles. The molecule has 1 amide bonds. The number of amides is 1. The molecule has 0 atom stereocenters. The second-order valence-corrected chi connectivity index (χ2v) is 5.99. The monoisotopic (exact) mass is 367 g/mol. The number of carbonyl (C=O) groups is 1. The van der Waals surface area contributed by atoms with E-state index in [1.54, 1.807) is 18.2 Å². The molecule has 3 aromatic rings. The van der Waals surface area contributed by atoms with Gasteiger partial charge in [0.1, 0.15) is 11.5 Å². The van der Waals surface area contributed by atoms with Crippen molar-refractivity contribution >= 4 is 5.91 Å². The van der Waals surface area contributed by atoms with Gasteiger partial charge in [0.05, 0.1) is 14.2 Å². The van der Waals surface area contributed by atoms with Gasteiger partial charge in [0.2, 0.25) is 11.7 Å². The molecule has 0 aliphatic heterocycles. The van der Waals surface area contributed by atoms with Gasteiger partial charge < -0.3 is 19.3 Å². The SMILES string of the molecule is COc1cc(OC)cc(C(=O)NCCc2nc(-c3cccc(C)c3)no2)c1. The molecule has 7 nitrogen and oxygen atoms in total. The van der Waals surface area contributed by atoms with Crippen LogP contribution in [0.3, 0.4) is 0 Å². The highest BCUT2D eigenvalue weighted by Crippen LogP contribution is 2.22. The summed E-state index contributed by atoms with van der Waals surface area (Å²) in [5, 5.41) is 6.83. The number of methoxy groups -OCH3 is 2. The van der Waals surface area contributed by atoms with Gasteiger partial charge in [-0.05, 0) is 25.1 Å². The van der Waals surface area contributed by atoms with E-state index in [0.717, 1.165) is 11.1 Å². The lowest BCUT2D eigenvalue weighted by Crippen LogP contribution is -2.25. The quantitative estimate of drug-likeness (QED) is 0.691. The molecule has 140 valence electrons. The lowest BCUT2D eigenvalue weighted by Gasteiger charge is -2.08. The first-order chi connectivity index (χ1) is 13.1. The van der Waals surface area contributed by atoms with Crippen LogP contribution in [-0.2, 0) is 6.42 Å². The first-order valence-corrected chi connectivity index (χ1v) is 8.50. The van der Waals surface area contributed by atoms with Crippen molar-refractivity contribution in [3.8, 4) is 22.9 Å². The molecule has 0 radical (unpaired) electrons. The Morgan fingerprint density at radius 1 is 1.11 bits per heavy atom. The Kier molecular flexibility index (Phi) is 5.71. The Balaban J connectivity index is 1.59. The van der Waals surface area contributed by atoms with Gasteiger partial charge in [-0.15, -0.1) is 0 Å². The molecule has 27 heavy (non-hydrogen) atoms. The van der Waals surface area contributed by atoms with Gasteiger partial charge in [0, 0.05) is 30.2 Å². The molecule has 1 N–H and O–H groups in total. The summed E-state index contributed by atoms with van der Waals surface area (Å²) >= 11 is 0. The highest BCUT2D eigenvalue weighted by molar-refractivity contribution is 5.95. The van der Waals surface area contributed by atoms with E-state index in [2.05, 4.69) is 15.5 Å². The molecule has 0 saturated carbocycles. The highest BCUT2D eigenvalue weighted by atomic mass is 16.5. The summed E-state index contributed by atoms with van der Waals surface area (Å²) in [4.78, 5) is 16.7. The Labute approximate surface area is 157 Å². The van der Waals surface area contributed by atoms with E-state index < -0.39 is 0 Å². The number of carbonyl (C=O) groups excluding carboxylic acids is 1. The zero-order chi connectivity index (χ0) is 19.2. The molecule has 0 spiro atoms. The second-order valence-electron chi connectivity index (χ2n) is 5.99. The number of hydrogen-bond acceptors (Lipinski definition) is 6. The molecule has 0 bridgehead atoms. The van der Waals surface area contributed by atoms with Gasteiger partial charge in [-0.3, -0.25) is 4.79 Å². The first kappa shape index (κ1) is 18.4. The topological polar surface area (TPSA) is 86.5 Å². The summed E-state index contributed by atoms with van der Waals surface area (Å²) in [6, 6.07) is 12.9. The van der Waals surface area contributed by atoms with Crippen molar-refractivity contribution in [2.75, 3.05) is 20.8 Å². The number of nitrogens with zero attached hydrogens (tertiary/aromatic N) is 2. The van der Waals surface area contributed by atoms with Gasteiger partial charge >= 0.3 is 0 Å². The fourth-order valence-electron chi connectivity index (χ4n) is 2.58. The molecular formula is C20H21N3O4. The molecule has 7 heteroatoms. The van der Waals surface area contributed by atoms with Crippen LogP contribution in [0.5, 0.6) is 11.5 Å². The summed E-state index contributed by atoms with van der Waals surface area (Å²) in [7, 11) is 3.08. The Morgan fingerprint density at radius 3 is 2.52 bits per heavy atom. The summed E-state index contributed by atoms with van der Waals surface area (Å²) < 4.78 is 15.6. The Hall–Kier alpha value is -3.35. The van der Waals surface area contributed by atoms with Crippen LogP contribution in [0.15, 0.2) is 47.0 Å². The van der Waals surface area contributed by atoms with Crippen LogP contribution in [0.2, 0.25) is 0 Å². The predicted molar refractivity (Wildman–Crippen MR) is 100 cm³/mol. The molecule has 0 aliphatic carbocycles. The number of rotatable bonds is 7. The van der Waals surface area contributed by atoms with E-state index in [-0.39, 0.29) is 5.91 Å². The molecule has 1 heterocycles. The van der Waals surface area contributed by atoms with Crippen LogP contribution in [0, 0.1) is 6.92 Å². The maximum absolute atomic E-state index is 12.3. The average molecular weight is 367 g/mol. The molecule has 0 fully saturated rings. The second kappa shape index (κ2) is 8.35.